The van der Waals surface area contributed by atoms with Gasteiger partial charge in [0.2, 0.25) is 0 Å². The summed E-state index contributed by atoms with van der Waals surface area (Å²) in [5, 5.41) is 0. The molecule has 0 fully saturated rings. The molecular weight excluding hydrogens is 440 g/mol. The molecule has 0 nitrogen and oxygen atoms in total. The van der Waals surface area contributed by atoms with Crippen molar-refractivity contribution in [3.8, 4) is 0 Å². The molecule has 1 heterocycles. The second-order valence-electron chi connectivity index (χ2n) is 4.37. The average molecular weight is 453 g/mol. The molecule has 96 valence electrons. The Kier molecular flexibility index (Phi) is 4.74. The van der Waals surface area contributed by atoms with Crippen LogP contribution in [0.5, 0.6) is 0 Å². The van der Waals surface area contributed by atoms with Gasteiger partial charge in [0.1, 0.15) is 0 Å². The lowest BCUT2D eigenvalue weighted by Gasteiger charge is -2.12. The lowest BCUT2D eigenvalue weighted by atomic mass is 10.1. The van der Waals surface area contributed by atoms with Crippen LogP contribution in [0.25, 0.3) is 0 Å². The van der Waals surface area contributed by atoms with Gasteiger partial charge in [0.15, 0.2) is 0 Å². The van der Waals surface area contributed by atoms with Crippen molar-refractivity contribution in [3.63, 3.8) is 0 Å². The van der Waals surface area contributed by atoms with Gasteiger partial charge < -0.3 is 0 Å². The molecule has 18 heavy (non-hydrogen) atoms. The normalized spacial score (nSPS) is 12.8. The van der Waals surface area contributed by atoms with Gasteiger partial charge in [-0.25, -0.2) is 0 Å². The third kappa shape index (κ3) is 2.92. The van der Waals surface area contributed by atoms with E-state index >= 15 is 0 Å². The van der Waals surface area contributed by atoms with Gasteiger partial charge in [-0.1, -0.05) is 47.8 Å². The fourth-order valence-corrected chi connectivity index (χ4v) is 4.92. The van der Waals surface area contributed by atoms with Crippen LogP contribution >= 0.6 is 59.1 Å². The highest BCUT2D eigenvalue weighted by molar-refractivity contribution is 9.11. The van der Waals surface area contributed by atoms with Crippen molar-refractivity contribution in [2.75, 3.05) is 0 Å². The number of alkyl halides is 1. The minimum Gasteiger partial charge on any atom is -0.144 e. The van der Waals surface area contributed by atoms with Gasteiger partial charge in [0.05, 0.1) is 4.83 Å². The van der Waals surface area contributed by atoms with E-state index in [1.807, 2.05) is 11.3 Å². The van der Waals surface area contributed by atoms with Crippen LogP contribution in [0.3, 0.4) is 0 Å². The van der Waals surface area contributed by atoms with Gasteiger partial charge in [-0.2, -0.15) is 0 Å². The molecule has 2 rings (SSSR count). The number of benzene rings is 1. The molecule has 0 aliphatic rings. The van der Waals surface area contributed by atoms with E-state index in [1.54, 1.807) is 0 Å². The molecule has 0 saturated heterocycles. The zero-order valence-electron chi connectivity index (χ0n) is 10.4. The van der Waals surface area contributed by atoms with Crippen LogP contribution in [0.4, 0.5) is 0 Å². The largest absolute Gasteiger partial charge is 0.144 e. The van der Waals surface area contributed by atoms with E-state index in [2.05, 4.69) is 86.8 Å². The third-order valence-electron chi connectivity index (χ3n) is 2.99. The summed E-state index contributed by atoms with van der Waals surface area (Å²) in [5.41, 5.74) is 3.86. The van der Waals surface area contributed by atoms with Crippen LogP contribution in [-0.2, 0) is 0 Å². The van der Waals surface area contributed by atoms with E-state index in [0.29, 0.717) is 0 Å². The van der Waals surface area contributed by atoms with Gasteiger partial charge in [0.25, 0.3) is 0 Å². The monoisotopic (exact) mass is 450 g/mol. The van der Waals surface area contributed by atoms with Crippen molar-refractivity contribution < 1.29 is 0 Å². The van der Waals surface area contributed by atoms with Gasteiger partial charge in [-0.3, -0.25) is 0 Å². The Labute approximate surface area is 137 Å². The number of thiophene rings is 1. The van der Waals surface area contributed by atoms with Crippen molar-refractivity contribution >= 4 is 59.1 Å². The molecule has 0 radical (unpaired) electrons. The van der Waals surface area contributed by atoms with Crippen LogP contribution in [-0.4, -0.2) is 0 Å². The summed E-state index contributed by atoms with van der Waals surface area (Å²) in [6.45, 7) is 6.43. The first kappa shape index (κ1) is 14.8. The molecule has 0 aliphatic heterocycles. The fourth-order valence-electron chi connectivity index (χ4n) is 1.74. The van der Waals surface area contributed by atoms with Gasteiger partial charge >= 0.3 is 0 Å². The smallest absolute Gasteiger partial charge is 0.0749 e. The van der Waals surface area contributed by atoms with Gasteiger partial charge in [-0.15, -0.1) is 11.3 Å². The second kappa shape index (κ2) is 5.78. The van der Waals surface area contributed by atoms with Crippen LogP contribution < -0.4 is 0 Å². The summed E-state index contributed by atoms with van der Waals surface area (Å²) in [6, 6.07) is 6.60. The Morgan fingerprint density at radius 3 is 2.17 bits per heavy atom. The zero-order valence-corrected chi connectivity index (χ0v) is 15.9. The SMILES string of the molecule is Cc1cc(Br)c(C(Br)c2cc(C)c(C)s2)cc1Br. The van der Waals surface area contributed by atoms with Gasteiger partial charge in [0, 0.05) is 18.7 Å². The highest BCUT2D eigenvalue weighted by Gasteiger charge is 2.17. The molecule has 1 aromatic carbocycles. The summed E-state index contributed by atoms with van der Waals surface area (Å²) in [5.74, 6) is 0. The Bertz CT molecular complexity index is 567. The Morgan fingerprint density at radius 1 is 0.944 bits per heavy atom. The fraction of sp³-hybridized carbons (Fsp3) is 0.286. The molecule has 1 aromatic heterocycles. The van der Waals surface area contributed by atoms with E-state index in [4.69, 9.17) is 0 Å². The predicted molar refractivity (Wildman–Crippen MR) is 91.1 cm³/mol. The third-order valence-corrected chi connectivity index (χ3v) is 7.03. The van der Waals surface area contributed by atoms with Crippen molar-refractivity contribution in [1.82, 2.24) is 0 Å². The number of rotatable bonds is 2. The summed E-state index contributed by atoms with van der Waals surface area (Å²) < 4.78 is 2.30. The highest BCUT2D eigenvalue weighted by atomic mass is 79.9. The van der Waals surface area contributed by atoms with Crippen LogP contribution in [0.1, 0.15) is 31.3 Å². The molecule has 0 spiro atoms. The first-order chi connectivity index (χ1) is 8.40. The Hall–Kier alpha value is 0.360. The van der Waals surface area contributed by atoms with E-state index in [0.717, 1.165) is 8.95 Å². The molecule has 0 aliphatic carbocycles. The first-order valence-electron chi connectivity index (χ1n) is 5.56. The van der Waals surface area contributed by atoms with Crippen LogP contribution in [0, 0.1) is 20.8 Å². The molecule has 0 saturated carbocycles. The lowest BCUT2D eigenvalue weighted by Crippen LogP contribution is -1.93. The standard InChI is InChI=1S/C14H13Br3S/c1-7-5-13(18-9(7)3)14(17)10-6-11(15)8(2)4-12(10)16/h4-6,14H,1-3H3. The Balaban J connectivity index is 2.45. The highest BCUT2D eigenvalue weighted by Crippen LogP contribution is 2.41. The second-order valence-corrected chi connectivity index (χ2v) is 8.29. The molecule has 1 unspecified atom stereocenters. The summed E-state index contributed by atoms with van der Waals surface area (Å²) in [6.07, 6.45) is 0. The average Bonchev–Trinajstić information content (AvgIpc) is 2.63. The van der Waals surface area contributed by atoms with E-state index in [1.165, 1.54) is 26.4 Å². The molecule has 0 N–H and O–H groups in total. The number of hydrogen-bond acceptors (Lipinski definition) is 1. The predicted octanol–water partition coefficient (Wildman–Crippen LogP) is 6.68. The van der Waals surface area contributed by atoms with Crippen molar-refractivity contribution in [2.24, 2.45) is 0 Å². The number of aryl methyl sites for hydroxylation is 3. The van der Waals surface area contributed by atoms with Gasteiger partial charge in [-0.05, 0) is 55.7 Å². The minimum absolute atomic E-state index is 0.237. The number of halogens is 3. The Morgan fingerprint density at radius 2 is 1.61 bits per heavy atom. The first-order valence-corrected chi connectivity index (χ1v) is 8.88. The summed E-state index contributed by atoms with van der Waals surface area (Å²) in [4.78, 5) is 2.97. The van der Waals surface area contributed by atoms with Crippen molar-refractivity contribution in [3.05, 3.63) is 53.6 Å². The molecule has 4 heteroatoms. The molecular formula is C14H13Br3S. The molecule has 1 atom stereocenters. The van der Waals surface area contributed by atoms with Crippen molar-refractivity contribution in [1.29, 1.82) is 0 Å². The maximum Gasteiger partial charge on any atom is 0.0749 e. The van der Waals surface area contributed by atoms with E-state index in [9.17, 15) is 0 Å². The maximum atomic E-state index is 3.81. The maximum absolute atomic E-state index is 3.81. The molecule has 0 bridgehead atoms. The molecule has 0 amide bonds. The summed E-state index contributed by atoms with van der Waals surface area (Å²) >= 11 is 12.9. The van der Waals surface area contributed by atoms with Crippen LogP contribution in [0.2, 0.25) is 0 Å². The van der Waals surface area contributed by atoms with Crippen molar-refractivity contribution in [2.45, 2.75) is 25.6 Å². The quantitative estimate of drug-likeness (QED) is 0.445. The zero-order chi connectivity index (χ0) is 13.4. The minimum atomic E-state index is 0.237. The summed E-state index contributed by atoms with van der Waals surface area (Å²) in [7, 11) is 0. The lowest BCUT2D eigenvalue weighted by molar-refractivity contribution is 1.18. The number of hydrogen-bond donors (Lipinski definition) is 0. The molecule has 2 aromatic rings. The van der Waals surface area contributed by atoms with E-state index in [-0.39, 0.29) is 4.83 Å². The topological polar surface area (TPSA) is 0 Å². The van der Waals surface area contributed by atoms with E-state index < -0.39 is 0 Å². The van der Waals surface area contributed by atoms with Crippen LogP contribution in [0.15, 0.2) is 27.1 Å².